The molecule has 2 rings (SSSR count). The fraction of sp³-hybridized carbons (Fsp3) is 0.143. The third-order valence-corrected chi connectivity index (χ3v) is 2.47. The minimum atomic E-state index is -0.0914. The van der Waals surface area contributed by atoms with Crippen LogP contribution in [-0.4, -0.2) is 16.0 Å². The Balaban J connectivity index is 1.86. The fourth-order valence-corrected chi connectivity index (χ4v) is 1.61. The highest BCUT2D eigenvalue weighted by Crippen LogP contribution is 2.11. The van der Waals surface area contributed by atoms with Crippen LogP contribution in [0.25, 0.3) is 0 Å². The van der Waals surface area contributed by atoms with E-state index in [0.29, 0.717) is 6.54 Å². The van der Waals surface area contributed by atoms with E-state index in [1.54, 1.807) is 30.5 Å². The summed E-state index contributed by atoms with van der Waals surface area (Å²) in [6.07, 6.45) is 1.94. The standard InChI is InChI=1S/C14H14N2O2/c17-13-6-3-4-11(8-13)9-14(18)16-10-12-5-1-2-7-15-12/h1-8,17H,9-10H2,(H,16,18). The number of nitrogens with one attached hydrogen (secondary N) is 1. The molecule has 0 bridgehead atoms. The predicted octanol–water partition coefficient (Wildman–Crippen LogP) is 1.65. The molecule has 0 fully saturated rings. The number of benzene rings is 1. The van der Waals surface area contributed by atoms with Crippen LogP contribution in [0, 0.1) is 0 Å². The largest absolute Gasteiger partial charge is 0.508 e. The first-order valence-corrected chi connectivity index (χ1v) is 5.68. The zero-order chi connectivity index (χ0) is 12.8. The van der Waals surface area contributed by atoms with Gasteiger partial charge in [0.05, 0.1) is 18.7 Å². The van der Waals surface area contributed by atoms with Gasteiger partial charge in [-0.15, -0.1) is 0 Å². The van der Waals surface area contributed by atoms with Gasteiger partial charge in [-0.3, -0.25) is 9.78 Å². The number of aromatic hydroxyl groups is 1. The van der Waals surface area contributed by atoms with Gasteiger partial charge < -0.3 is 10.4 Å². The molecule has 0 aliphatic heterocycles. The van der Waals surface area contributed by atoms with E-state index in [2.05, 4.69) is 10.3 Å². The molecule has 0 unspecified atom stereocenters. The van der Waals surface area contributed by atoms with Gasteiger partial charge in [-0.05, 0) is 29.8 Å². The van der Waals surface area contributed by atoms with Crippen LogP contribution in [-0.2, 0) is 17.8 Å². The minimum Gasteiger partial charge on any atom is -0.508 e. The first kappa shape index (κ1) is 12.1. The molecule has 1 heterocycles. The second-order valence-corrected chi connectivity index (χ2v) is 3.94. The number of nitrogens with zero attached hydrogens (tertiary/aromatic N) is 1. The zero-order valence-electron chi connectivity index (χ0n) is 9.84. The van der Waals surface area contributed by atoms with E-state index in [9.17, 15) is 9.90 Å². The maximum atomic E-state index is 11.7. The number of phenolic OH excluding ortho intramolecular Hbond substituents is 1. The first-order valence-electron chi connectivity index (χ1n) is 5.68. The number of pyridine rings is 1. The van der Waals surface area contributed by atoms with Crippen LogP contribution >= 0.6 is 0 Å². The highest BCUT2D eigenvalue weighted by Gasteiger charge is 2.04. The molecule has 4 heteroatoms. The summed E-state index contributed by atoms with van der Waals surface area (Å²) in [4.78, 5) is 15.8. The summed E-state index contributed by atoms with van der Waals surface area (Å²) in [5, 5.41) is 12.1. The molecule has 0 atom stereocenters. The van der Waals surface area contributed by atoms with Crippen molar-refractivity contribution in [1.29, 1.82) is 0 Å². The van der Waals surface area contributed by atoms with Crippen molar-refractivity contribution >= 4 is 5.91 Å². The topological polar surface area (TPSA) is 62.2 Å². The molecule has 1 aromatic carbocycles. The SMILES string of the molecule is O=C(Cc1cccc(O)c1)NCc1ccccn1. The van der Waals surface area contributed by atoms with E-state index < -0.39 is 0 Å². The summed E-state index contributed by atoms with van der Waals surface area (Å²) < 4.78 is 0. The quantitative estimate of drug-likeness (QED) is 0.856. The molecule has 1 aromatic heterocycles. The van der Waals surface area contributed by atoms with Gasteiger partial charge in [0, 0.05) is 6.20 Å². The second-order valence-electron chi connectivity index (χ2n) is 3.94. The summed E-state index contributed by atoms with van der Waals surface area (Å²) >= 11 is 0. The van der Waals surface area contributed by atoms with E-state index >= 15 is 0 Å². The number of rotatable bonds is 4. The molecule has 0 radical (unpaired) electrons. The number of aromatic nitrogens is 1. The van der Waals surface area contributed by atoms with Crippen molar-refractivity contribution < 1.29 is 9.90 Å². The lowest BCUT2D eigenvalue weighted by atomic mass is 10.1. The summed E-state index contributed by atoms with van der Waals surface area (Å²) in [7, 11) is 0. The number of hydrogen-bond acceptors (Lipinski definition) is 3. The molecule has 0 saturated carbocycles. The smallest absolute Gasteiger partial charge is 0.224 e. The van der Waals surface area contributed by atoms with Gasteiger partial charge in [-0.1, -0.05) is 18.2 Å². The van der Waals surface area contributed by atoms with Crippen LogP contribution in [0.4, 0.5) is 0 Å². The average molecular weight is 242 g/mol. The van der Waals surface area contributed by atoms with Gasteiger partial charge in [0.2, 0.25) is 5.91 Å². The van der Waals surface area contributed by atoms with Crippen molar-refractivity contribution in [3.05, 3.63) is 59.9 Å². The normalized spacial score (nSPS) is 10.0. The molecule has 0 saturated heterocycles. The Morgan fingerprint density at radius 1 is 1.22 bits per heavy atom. The van der Waals surface area contributed by atoms with Crippen LogP contribution < -0.4 is 5.32 Å². The van der Waals surface area contributed by atoms with Crippen LogP contribution in [0.1, 0.15) is 11.3 Å². The summed E-state index contributed by atoms with van der Waals surface area (Å²) in [6.45, 7) is 0.415. The van der Waals surface area contributed by atoms with Gasteiger partial charge in [-0.25, -0.2) is 0 Å². The van der Waals surface area contributed by atoms with E-state index in [4.69, 9.17) is 0 Å². The van der Waals surface area contributed by atoms with Crippen molar-refractivity contribution in [2.75, 3.05) is 0 Å². The van der Waals surface area contributed by atoms with Crippen molar-refractivity contribution in [1.82, 2.24) is 10.3 Å². The number of carbonyl (C=O) groups excluding carboxylic acids is 1. The van der Waals surface area contributed by atoms with Crippen molar-refractivity contribution in [3.8, 4) is 5.75 Å². The molecule has 0 aliphatic carbocycles. The third kappa shape index (κ3) is 3.59. The number of hydrogen-bond donors (Lipinski definition) is 2. The van der Waals surface area contributed by atoms with E-state index in [1.807, 2.05) is 18.2 Å². The number of phenols is 1. The Hall–Kier alpha value is -2.36. The molecule has 1 amide bonds. The monoisotopic (exact) mass is 242 g/mol. The lowest BCUT2D eigenvalue weighted by Gasteiger charge is -2.05. The number of amides is 1. The Labute approximate surface area is 105 Å². The predicted molar refractivity (Wildman–Crippen MR) is 67.9 cm³/mol. The van der Waals surface area contributed by atoms with E-state index in [-0.39, 0.29) is 18.1 Å². The third-order valence-electron chi connectivity index (χ3n) is 2.47. The first-order chi connectivity index (χ1) is 8.74. The fourth-order valence-electron chi connectivity index (χ4n) is 1.61. The molecular weight excluding hydrogens is 228 g/mol. The molecule has 0 spiro atoms. The van der Waals surface area contributed by atoms with Crippen molar-refractivity contribution in [3.63, 3.8) is 0 Å². The van der Waals surface area contributed by atoms with Gasteiger partial charge in [-0.2, -0.15) is 0 Å². The lowest BCUT2D eigenvalue weighted by Crippen LogP contribution is -2.24. The van der Waals surface area contributed by atoms with Gasteiger partial charge >= 0.3 is 0 Å². The average Bonchev–Trinajstić information content (AvgIpc) is 2.38. The van der Waals surface area contributed by atoms with Crippen molar-refractivity contribution in [2.45, 2.75) is 13.0 Å². The van der Waals surface area contributed by atoms with Crippen LogP contribution in [0.5, 0.6) is 5.75 Å². The molecule has 0 aliphatic rings. The van der Waals surface area contributed by atoms with E-state index in [1.165, 1.54) is 0 Å². The maximum absolute atomic E-state index is 11.7. The summed E-state index contributed by atoms with van der Waals surface area (Å²) in [5.74, 6) is 0.0799. The van der Waals surface area contributed by atoms with E-state index in [0.717, 1.165) is 11.3 Å². The highest BCUT2D eigenvalue weighted by atomic mass is 16.3. The highest BCUT2D eigenvalue weighted by molar-refractivity contribution is 5.78. The summed E-state index contributed by atoms with van der Waals surface area (Å²) in [5.41, 5.74) is 1.61. The Bertz CT molecular complexity index is 526. The molecule has 92 valence electrons. The Kier molecular flexibility index (Phi) is 3.91. The van der Waals surface area contributed by atoms with Crippen LogP contribution in [0.15, 0.2) is 48.7 Å². The molecule has 18 heavy (non-hydrogen) atoms. The molecular formula is C14H14N2O2. The van der Waals surface area contributed by atoms with Crippen molar-refractivity contribution in [2.24, 2.45) is 0 Å². The minimum absolute atomic E-state index is 0.0914. The molecule has 2 N–H and O–H groups in total. The zero-order valence-corrected chi connectivity index (χ0v) is 9.84. The molecule has 2 aromatic rings. The number of carbonyl (C=O) groups is 1. The van der Waals surface area contributed by atoms with Gasteiger partial charge in [0.25, 0.3) is 0 Å². The van der Waals surface area contributed by atoms with Crippen LogP contribution in [0.2, 0.25) is 0 Å². The second kappa shape index (κ2) is 5.82. The van der Waals surface area contributed by atoms with Crippen LogP contribution in [0.3, 0.4) is 0 Å². The molecule has 4 nitrogen and oxygen atoms in total. The van der Waals surface area contributed by atoms with Gasteiger partial charge in [0.1, 0.15) is 5.75 Å². The Morgan fingerprint density at radius 3 is 2.83 bits per heavy atom. The lowest BCUT2D eigenvalue weighted by molar-refractivity contribution is -0.120. The Morgan fingerprint density at radius 2 is 2.11 bits per heavy atom. The maximum Gasteiger partial charge on any atom is 0.224 e. The van der Waals surface area contributed by atoms with Gasteiger partial charge in [0.15, 0.2) is 0 Å². The summed E-state index contributed by atoms with van der Waals surface area (Å²) in [6, 6.07) is 12.3.